The largest absolute Gasteiger partial charge is 0.368 e. The maximum absolute atomic E-state index is 6.26. The first kappa shape index (κ1) is 19.1. The summed E-state index contributed by atoms with van der Waals surface area (Å²) in [6.07, 6.45) is 0. The van der Waals surface area contributed by atoms with Crippen LogP contribution in [-0.4, -0.2) is 12.5 Å². The molecule has 1 aliphatic heterocycles. The molecule has 0 fully saturated rings. The van der Waals surface area contributed by atoms with E-state index in [1.807, 2.05) is 60.7 Å². The van der Waals surface area contributed by atoms with E-state index in [2.05, 4.69) is 22.3 Å². The van der Waals surface area contributed by atoms with E-state index in [0.717, 1.165) is 17.1 Å². The molecule has 0 bridgehead atoms. The fraction of sp³-hybridized carbons (Fsp3) is 0.136. The smallest absolute Gasteiger partial charge is 0.126 e. The average Bonchev–Trinajstić information content (AvgIpc) is 3.14. The number of benzene rings is 3. The summed E-state index contributed by atoms with van der Waals surface area (Å²) in [5.41, 5.74) is 3.27. The number of aliphatic imine (C=N–C) groups is 1. The lowest BCUT2D eigenvalue weighted by Crippen LogP contribution is -2.34. The molecule has 1 atom stereocenters. The second kappa shape index (κ2) is 8.44. The number of nitrogens with one attached hydrogen (secondary N) is 1. The van der Waals surface area contributed by atoms with Gasteiger partial charge in [0.25, 0.3) is 0 Å². The molecule has 1 N–H and O–H groups in total. The van der Waals surface area contributed by atoms with Gasteiger partial charge in [-0.3, -0.25) is 0 Å². The topological polar surface area (TPSA) is 27.6 Å². The quantitative estimate of drug-likeness (QED) is 0.522. The highest BCUT2D eigenvalue weighted by Gasteiger charge is 2.31. The summed E-state index contributed by atoms with van der Waals surface area (Å²) < 4.78 is 0. The SMILES string of the molecule is Clc1ccc(C2C(NCc3ccccc3)=NCN2c2ccc(Cl)c(Cl)c2)cc1. The Morgan fingerprint density at radius 1 is 0.893 bits per heavy atom. The van der Waals surface area contributed by atoms with E-state index in [1.165, 1.54) is 5.56 Å². The minimum absolute atomic E-state index is 0.0572. The zero-order chi connectivity index (χ0) is 19.5. The Hall–Kier alpha value is -2.20. The first-order valence-electron chi connectivity index (χ1n) is 8.91. The summed E-state index contributed by atoms with van der Waals surface area (Å²) in [7, 11) is 0. The van der Waals surface area contributed by atoms with Gasteiger partial charge in [0.1, 0.15) is 18.5 Å². The summed E-state index contributed by atoms with van der Waals surface area (Å²) in [6, 6.07) is 23.7. The van der Waals surface area contributed by atoms with Crippen LogP contribution in [0.2, 0.25) is 15.1 Å². The van der Waals surface area contributed by atoms with Crippen LogP contribution in [0.25, 0.3) is 0 Å². The summed E-state index contributed by atoms with van der Waals surface area (Å²) >= 11 is 18.4. The van der Waals surface area contributed by atoms with Gasteiger partial charge in [-0.25, -0.2) is 4.99 Å². The minimum Gasteiger partial charge on any atom is -0.368 e. The van der Waals surface area contributed by atoms with Crippen LogP contribution < -0.4 is 10.2 Å². The van der Waals surface area contributed by atoms with Crippen molar-refractivity contribution in [3.8, 4) is 0 Å². The van der Waals surface area contributed by atoms with E-state index >= 15 is 0 Å². The second-order valence-corrected chi connectivity index (χ2v) is 7.80. The molecule has 28 heavy (non-hydrogen) atoms. The third-order valence-corrected chi connectivity index (χ3v) is 5.69. The van der Waals surface area contributed by atoms with E-state index in [1.54, 1.807) is 0 Å². The summed E-state index contributed by atoms with van der Waals surface area (Å²) in [5, 5.41) is 5.28. The molecule has 0 saturated heterocycles. The molecule has 0 aliphatic carbocycles. The Balaban J connectivity index is 1.63. The van der Waals surface area contributed by atoms with E-state index in [-0.39, 0.29) is 6.04 Å². The van der Waals surface area contributed by atoms with Crippen LogP contribution in [0.5, 0.6) is 0 Å². The fourth-order valence-electron chi connectivity index (χ4n) is 3.29. The predicted octanol–water partition coefficient (Wildman–Crippen LogP) is 6.35. The Bertz CT molecular complexity index is 988. The van der Waals surface area contributed by atoms with Gasteiger partial charge in [-0.15, -0.1) is 0 Å². The van der Waals surface area contributed by atoms with Crippen molar-refractivity contribution in [1.82, 2.24) is 5.32 Å². The Morgan fingerprint density at radius 3 is 2.36 bits per heavy atom. The van der Waals surface area contributed by atoms with Crippen LogP contribution in [0.1, 0.15) is 17.2 Å². The number of halogens is 3. The molecular formula is C22H18Cl3N3. The zero-order valence-corrected chi connectivity index (χ0v) is 17.2. The van der Waals surface area contributed by atoms with Crippen molar-refractivity contribution >= 4 is 46.3 Å². The maximum atomic E-state index is 6.26. The van der Waals surface area contributed by atoms with Gasteiger partial charge in [-0.1, -0.05) is 77.3 Å². The lowest BCUT2D eigenvalue weighted by molar-refractivity contribution is 0.793. The Labute approximate surface area is 179 Å². The normalized spacial score (nSPS) is 16.2. The van der Waals surface area contributed by atoms with Crippen LogP contribution in [0.3, 0.4) is 0 Å². The first-order valence-corrected chi connectivity index (χ1v) is 10.0. The van der Waals surface area contributed by atoms with E-state index in [4.69, 9.17) is 39.8 Å². The molecule has 0 spiro atoms. The van der Waals surface area contributed by atoms with E-state index in [9.17, 15) is 0 Å². The van der Waals surface area contributed by atoms with Gasteiger partial charge in [0.15, 0.2) is 0 Å². The van der Waals surface area contributed by atoms with Gasteiger partial charge in [0.2, 0.25) is 0 Å². The molecule has 1 aliphatic rings. The first-order chi connectivity index (χ1) is 13.6. The third-order valence-electron chi connectivity index (χ3n) is 4.70. The van der Waals surface area contributed by atoms with Crippen molar-refractivity contribution in [2.45, 2.75) is 12.6 Å². The minimum atomic E-state index is -0.0572. The molecule has 6 heteroatoms. The van der Waals surface area contributed by atoms with Gasteiger partial charge in [-0.05, 0) is 41.5 Å². The molecule has 3 aromatic carbocycles. The van der Waals surface area contributed by atoms with Crippen molar-refractivity contribution in [3.05, 3.63) is 99.0 Å². The summed E-state index contributed by atoms with van der Waals surface area (Å²) in [4.78, 5) is 6.96. The van der Waals surface area contributed by atoms with E-state index in [0.29, 0.717) is 28.3 Å². The maximum Gasteiger partial charge on any atom is 0.126 e. The highest BCUT2D eigenvalue weighted by Crippen LogP contribution is 2.35. The standard InChI is InChI=1S/C22H18Cl3N3/c23-17-8-6-16(7-9-17)21-22(26-13-15-4-2-1-3-5-15)27-14-28(21)18-10-11-19(24)20(25)12-18/h1-12,21H,13-14H2,(H,26,27). The monoisotopic (exact) mass is 429 g/mol. The second-order valence-electron chi connectivity index (χ2n) is 6.55. The molecule has 1 heterocycles. The molecule has 4 rings (SSSR count). The highest BCUT2D eigenvalue weighted by molar-refractivity contribution is 6.42. The van der Waals surface area contributed by atoms with Crippen molar-refractivity contribution in [1.29, 1.82) is 0 Å². The predicted molar refractivity (Wildman–Crippen MR) is 119 cm³/mol. The van der Waals surface area contributed by atoms with Gasteiger partial charge in [0.05, 0.1) is 10.0 Å². The van der Waals surface area contributed by atoms with Crippen LogP contribution >= 0.6 is 34.8 Å². The molecule has 0 amide bonds. The molecule has 0 saturated carbocycles. The Morgan fingerprint density at radius 2 is 1.64 bits per heavy atom. The fourth-order valence-corrected chi connectivity index (χ4v) is 3.70. The van der Waals surface area contributed by atoms with Gasteiger partial charge in [-0.2, -0.15) is 0 Å². The molecule has 0 radical (unpaired) electrons. The Kier molecular flexibility index (Phi) is 5.77. The van der Waals surface area contributed by atoms with Crippen molar-refractivity contribution < 1.29 is 0 Å². The molecule has 3 aromatic rings. The van der Waals surface area contributed by atoms with Crippen LogP contribution in [-0.2, 0) is 6.54 Å². The van der Waals surface area contributed by atoms with Crippen molar-refractivity contribution in [2.24, 2.45) is 4.99 Å². The van der Waals surface area contributed by atoms with Crippen LogP contribution in [0, 0.1) is 0 Å². The summed E-state index contributed by atoms with van der Waals surface area (Å²) in [6.45, 7) is 1.24. The molecule has 1 unspecified atom stereocenters. The number of hydrogen-bond acceptors (Lipinski definition) is 3. The third kappa shape index (κ3) is 4.12. The van der Waals surface area contributed by atoms with E-state index < -0.39 is 0 Å². The number of anilines is 1. The lowest BCUT2D eigenvalue weighted by atomic mass is 10.0. The molecular weight excluding hydrogens is 413 g/mol. The number of rotatable bonds is 4. The van der Waals surface area contributed by atoms with Crippen LogP contribution in [0.15, 0.2) is 77.8 Å². The van der Waals surface area contributed by atoms with Gasteiger partial charge < -0.3 is 10.2 Å². The van der Waals surface area contributed by atoms with Crippen molar-refractivity contribution in [3.63, 3.8) is 0 Å². The number of amidine groups is 1. The number of nitrogens with zero attached hydrogens (tertiary/aromatic N) is 2. The van der Waals surface area contributed by atoms with Crippen LogP contribution in [0.4, 0.5) is 5.69 Å². The molecule has 3 nitrogen and oxygen atoms in total. The lowest BCUT2D eigenvalue weighted by Gasteiger charge is -2.28. The van der Waals surface area contributed by atoms with Gasteiger partial charge >= 0.3 is 0 Å². The van der Waals surface area contributed by atoms with Gasteiger partial charge in [0, 0.05) is 17.3 Å². The number of hydrogen-bond donors (Lipinski definition) is 1. The van der Waals surface area contributed by atoms with Crippen molar-refractivity contribution in [2.75, 3.05) is 11.6 Å². The summed E-state index contributed by atoms with van der Waals surface area (Å²) in [5.74, 6) is 0.914. The zero-order valence-electron chi connectivity index (χ0n) is 14.9. The molecule has 0 aromatic heterocycles. The average molecular weight is 431 g/mol. The highest BCUT2D eigenvalue weighted by atomic mass is 35.5. The molecule has 142 valence electrons.